The summed E-state index contributed by atoms with van der Waals surface area (Å²) in [6, 6.07) is 6.07. The Morgan fingerprint density at radius 3 is 2.67 bits per heavy atom. The van der Waals surface area contributed by atoms with Crippen LogP contribution in [0.2, 0.25) is 5.02 Å². The molecule has 0 spiro atoms. The van der Waals surface area contributed by atoms with Gasteiger partial charge in [0, 0.05) is 34.7 Å². The van der Waals surface area contributed by atoms with E-state index in [1.54, 1.807) is 0 Å². The molecule has 2 nitrogen and oxygen atoms in total. The molecule has 2 aromatic rings. The van der Waals surface area contributed by atoms with Gasteiger partial charge in [0.05, 0.1) is 0 Å². The largest absolute Gasteiger partial charge is 0.350 e. The molecule has 0 saturated heterocycles. The topological polar surface area (TPSA) is 30.9 Å². The van der Waals surface area contributed by atoms with Gasteiger partial charge in [-0.1, -0.05) is 30.9 Å². The number of fused-ring (bicyclic) bond motifs is 1. The number of nitrogens with two attached hydrogens (primary N) is 1. The van der Waals surface area contributed by atoms with E-state index < -0.39 is 0 Å². The van der Waals surface area contributed by atoms with Crippen molar-refractivity contribution in [2.45, 2.75) is 37.6 Å². The van der Waals surface area contributed by atoms with E-state index in [2.05, 4.69) is 29.9 Å². The van der Waals surface area contributed by atoms with E-state index in [0.29, 0.717) is 0 Å². The minimum Gasteiger partial charge on any atom is -0.350 e. The summed E-state index contributed by atoms with van der Waals surface area (Å²) in [5, 5.41) is 2.00. The van der Waals surface area contributed by atoms with Gasteiger partial charge in [0.1, 0.15) is 0 Å². The minimum absolute atomic E-state index is 0.164. The van der Waals surface area contributed by atoms with Crippen LogP contribution in [0.25, 0.3) is 10.9 Å². The highest BCUT2D eigenvalue weighted by molar-refractivity contribution is 6.31. The molecule has 0 bridgehead atoms. The molecule has 3 rings (SSSR count). The zero-order valence-electron chi connectivity index (χ0n) is 10.7. The third-order valence-corrected chi connectivity index (χ3v) is 4.47. The molecule has 0 atom stereocenters. The molecule has 0 amide bonds. The highest BCUT2D eigenvalue weighted by Gasteiger charge is 2.32. The van der Waals surface area contributed by atoms with Crippen LogP contribution in [0.3, 0.4) is 0 Å². The lowest BCUT2D eigenvalue weighted by molar-refractivity contribution is 0.304. The van der Waals surface area contributed by atoms with E-state index in [9.17, 15) is 0 Å². The summed E-state index contributed by atoms with van der Waals surface area (Å²) >= 11 is 6.13. The summed E-state index contributed by atoms with van der Waals surface area (Å²) in [4.78, 5) is 0. The molecule has 0 radical (unpaired) electrons. The van der Waals surface area contributed by atoms with Crippen molar-refractivity contribution in [3.05, 3.63) is 35.0 Å². The highest BCUT2D eigenvalue weighted by Crippen LogP contribution is 2.39. The molecule has 1 saturated carbocycles. The van der Waals surface area contributed by atoms with Crippen molar-refractivity contribution in [3.8, 4) is 0 Å². The van der Waals surface area contributed by atoms with Crippen LogP contribution in [0.4, 0.5) is 0 Å². The maximum atomic E-state index is 6.65. The Kier molecular flexibility index (Phi) is 2.87. The van der Waals surface area contributed by atoms with Gasteiger partial charge in [-0.2, -0.15) is 0 Å². The van der Waals surface area contributed by atoms with Crippen molar-refractivity contribution >= 4 is 22.5 Å². The predicted molar refractivity (Wildman–Crippen MR) is 76.9 cm³/mol. The molecule has 1 aromatic heterocycles. The second-order valence-electron chi connectivity index (χ2n) is 5.53. The van der Waals surface area contributed by atoms with Gasteiger partial charge in [-0.3, -0.25) is 0 Å². The Balaban J connectivity index is 2.19. The molecule has 1 heterocycles. The second kappa shape index (κ2) is 4.29. The van der Waals surface area contributed by atoms with Gasteiger partial charge in [-0.15, -0.1) is 0 Å². The van der Waals surface area contributed by atoms with E-state index in [1.807, 2.05) is 6.07 Å². The van der Waals surface area contributed by atoms with Crippen LogP contribution in [0, 0.1) is 0 Å². The fraction of sp³-hybridized carbons (Fsp3) is 0.467. The first-order valence-corrected chi connectivity index (χ1v) is 7.02. The number of halogens is 1. The first-order chi connectivity index (χ1) is 8.60. The average Bonchev–Trinajstić information content (AvgIpc) is 2.68. The Morgan fingerprint density at radius 2 is 1.94 bits per heavy atom. The van der Waals surface area contributed by atoms with Crippen LogP contribution in [0.5, 0.6) is 0 Å². The fourth-order valence-electron chi connectivity index (χ4n) is 3.21. The number of hydrogen-bond acceptors (Lipinski definition) is 1. The lowest BCUT2D eigenvalue weighted by atomic mass is 9.77. The minimum atomic E-state index is -0.164. The highest BCUT2D eigenvalue weighted by atomic mass is 35.5. The number of rotatable bonds is 1. The van der Waals surface area contributed by atoms with Gasteiger partial charge in [0.25, 0.3) is 0 Å². The number of hydrogen-bond donors (Lipinski definition) is 1. The maximum Gasteiger partial charge on any atom is 0.0482 e. The van der Waals surface area contributed by atoms with Gasteiger partial charge in [0.2, 0.25) is 0 Å². The molecule has 18 heavy (non-hydrogen) atoms. The van der Waals surface area contributed by atoms with E-state index in [0.717, 1.165) is 17.9 Å². The number of benzene rings is 1. The number of nitrogens with zero attached hydrogens (tertiary/aromatic N) is 1. The van der Waals surface area contributed by atoms with E-state index in [1.165, 1.54) is 35.7 Å². The number of aromatic nitrogens is 1. The van der Waals surface area contributed by atoms with Gasteiger partial charge in [-0.25, -0.2) is 0 Å². The number of aryl methyl sites for hydroxylation is 1. The Morgan fingerprint density at radius 1 is 1.22 bits per heavy atom. The van der Waals surface area contributed by atoms with E-state index in [-0.39, 0.29) is 5.54 Å². The van der Waals surface area contributed by atoms with Gasteiger partial charge in [0.15, 0.2) is 0 Å². The quantitative estimate of drug-likeness (QED) is 0.829. The van der Waals surface area contributed by atoms with Crippen molar-refractivity contribution in [3.63, 3.8) is 0 Å². The summed E-state index contributed by atoms with van der Waals surface area (Å²) in [5.41, 5.74) is 8.97. The summed E-state index contributed by atoms with van der Waals surface area (Å²) in [7, 11) is 2.08. The lowest BCUT2D eigenvalue weighted by Crippen LogP contribution is -2.38. The summed E-state index contributed by atoms with van der Waals surface area (Å²) in [6.07, 6.45) is 8.12. The zero-order valence-corrected chi connectivity index (χ0v) is 11.5. The Labute approximate surface area is 113 Å². The standard InChI is InChI=1S/C15H19ClN2/c1-18-10-13(15(17)7-3-2-4-8-15)12-9-11(16)5-6-14(12)18/h5-6,9-10H,2-4,7-8,17H2,1H3. The van der Waals surface area contributed by atoms with Crippen LogP contribution >= 0.6 is 11.6 Å². The van der Waals surface area contributed by atoms with Crippen LogP contribution < -0.4 is 5.73 Å². The molecule has 96 valence electrons. The average molecular weight is 263 g/mol. The zero-order chi connectivity index (χ0) is 12.8. The summed E-state index contributed by atoms with van der Waals surface area (Å²) < 4.78 is 2.16. The molecule has 1 aliphatic carbocycles. The first-order valence-electron chi connectivity index (χ1n) is 6.64. The smallest absolute Gasteiger partial charge is 0.0482 e. The van der Waals surface area contributed by atoms with Crippen molar-refractivity contribution in [2.24, 2.45) is 12.8 Å². The van der Waals surface area contributed by atoms with Crippen LogP contribution in [-0.4, -0.2) is 4.57 Å². The van der Waals surface area contributed by atoms with Crippen LogP contribution in [-0.2, 0) is 12.6 Å². The molecule has 0 unspecified atom stereocenters. The molecule has 1 aromatic carbocycles. The Bertz CT molecular complexity index is 579. The van der Waals surface area contributed by atoms with Crippen molar-refractivity contribution in [1.82, 2.24) is 4.57 Å². The van der Waals surface area contributed by atoms with Crippen molar-refractivity contribution < 1.29 is 0 Å². The first kappa shape index (κ1) is 12.1. The van der Waals surface area contributed by atoms with Gasteiger partial charge >= 0.3 is 0 Å². The molecule has 0 aliphatic heterocycles. The van der Waals surface area contributed by atoms with Gasteiger partial charge in [-0.05, 0) is 36.6 Å². The monoisotopic (exact) mass is 262 g/mol. The normalized spacial score (nSPS) is 19.3. The lowest BCUT2D eigenvalue weighted by Gasteiger charge is -2.33. The van der Waals surface area contributed by atoms with E-state index in [4.69, 9.17) is 17.3 Å². The summed E-state index contributed by atoms with van der Waals surface area (Å²) in [5.74, 6) is 0. The van der Waals surface area contributed by atoms with Crippen molar-refractivity contribution in [2.75, 3.05) is 0 Å². The molecule has 2 N–H and O–H groups in total. The molecular formula is C15H19ClN2. The molecular weight excluding hydrogens is 244 g/mol. The third kappa shape index (κ3) is 1.84. The predicted octanol–water partition coefficient (Wildman–Crippen LogP) is 3.95. The fourth-order valence-corrected chi connectivity index (χ4v) is 3.39. The second-order valence-corrected chi connectivity index (χ2v) is 5.97. The molecule has 3 heteroatoms. The maximum absolute atomic E-state index is 6.65. The van der Waals surface area contributed by atoms with Gasteiger partial charge < -0.3 is 10.3 Å². The SMILES string of the molecule is Cn1cc(C2(N)CCCCC2)c2cc(Cl)ccc21. The van der Waals surface area contributed by atoms with E-state index >= 15 is 0 Å². The molecule has 1 fully saturated rings. The third-order valence-electron chi connectivity index (χ3n) is 4.23. The van der Waals surface area contributed by atoms with Crippen LogP contribution in [0.1, 0.15) is 37.7 Å². The van der Waals surface area contributed by atoms with Crippen molar-refractivity contribution in [1.29, 1.82) is 0 Å². The summed E-state index contributed by atoms with van der Waals surface area (Å²) in [6.45, 7) is 0. The molecule has 1 aliphatic rings. The Hall–Kier alpha value is -0.990. The van der Waals surface area contributed by atoms with Crippen LogP contribution in [0.15, 0.2) is 24.4 Å².